The van der Waals surface area contributed by atoms with Crippen LogP contribution in [0.4, 0.5) is 0 Å². The number of aliphatic hydroxyl groups is 1. The first-order valence-corrected chi connectivity index (χ1v) is 27.0. The Kier molecular flexibility index (Phi) is 18.0. The van der Waals surface area contributed by atoms with E-state index in [-0.39, 0.29) is 59.1 Å². The fourth-order valence-electron chi connectivity index (χ4n) is 6.09. The van der Waals surface area contributed by atoms with E-state index in [2.05, 4.69) is 152 Å². The van der Waals surface area contributed by atoms with Crippen LogP contribution < -0.4 is 0 Å². The van der Waals surface area contributed by atoms with Crippen molar-refractivity contribution in [1.29, 1.82) is 0 Å². The maximum atomic E-state index is 12.5. The zero-order chi connectivity index (χ0) is 40.6. The van der Waals surface area contributed by atoms with Crippen LogP contribution in [-0.2, 0) is 27.9 Å². The van der Waals surface area contributed by atoms with Gasteiger partial charge in [-0.25, -0.2) is 0 Å². The van der Waals surface area contributed by atoms with Gasteiger partial charge in [0.15, 0.2) is 16.6 Å². The molecule has 0 bridgehead atoms. The molecule has 2 rings (SSSR count). The Hall–Kier alpha value is -0.606. The van der Waals surface area contributed by atoms with Gasteiger partial charge in [-0.15, -0.1) is 0 Å². The smallest absolute Gasteiger partial charge is 0.311 e. The molecule has 0 radical (unpaired) electrons. The molecule has 0 amide bonds. The second kappa shape index (κ2) is 19.7. The number of ether oxygens (including phenoxy) is 3. The minimum absolute atomic E-state index is 0.0158. The van der Waals surface area contributed by atoms with E-state index in [0.29, 0.717) is 19.4 Å². The molecule has 2 saturated heterocycles. The van der Waals surface area contributed by atoms with Crippen LogP contribution in [0.1, 0.15) is 115 Å². The summed E-state index contributed by atoms with van der Waals surface area (Å²) < 4.78 is 34.7. The molecule has 2 aliphatic heterocycles. The topological polar surface area (TPSA) is 83.5 Å². The number of hydrogen-bond donors (Lipinski definition) is 1. The fraction of sp³-hybridized carbons (Fsp3) is 0.791. The highest BCUT2D eigenvalue weighted by Crippen LogP contribution is 2.44. The van der Waals surface area contributed by atoms with Crippen molar-refractivity contribution in [2.24, 2.45) is 16.7 Å². The third kappa shape index (κ3) is 14.4. The van der Waals surface area contributed by atoms with Crippen LogP contribution in [0.15, 0.2) is 46.1 Å². The Morgan fingerprint density at radius 3 is 2.13 bits per heavy atom. The number of allylic oxidation sites excluding steroid dienone is 4. The van der Waals surface area contributed by atoms with Gasteiger partial charge in [-0.1, -0.05) is 120 Å². The van der Waals surface area contributed by atoms with Crippen molar-refractivity contribution >= 4 is 45.2 Å². The molecule has 2 heterocycles. The van der Waals surface area contributed by atoms with Gasteiger partial charge in [0.05, 0.1) is 48.6 Å². The van der Waals surface area contributed by atoms with E-state index in [0.717, 1.165) is 24.8 Å². The molecule has 1 N–H and O–H groups in total. The van der Waals surface area contributed by atoms with Crippen LogP contribution in [0.2, 0.25) is 36.3 Å². The van der Waals surface area contributed by atoms with E-state index >= 15 is 0 Å². The van der Waals surface area contributed by atoms with Crippen molar-refractivity contribution in [1.82, 2.24) is 0 Å². The average Bonchev–Trinajstić information content (AvgIpc) is 3.01. The van der Waals surface area contributed by atoms with E-state index in [9.17, 15) is 9.90 Å². The molecule has 0 aromatic carbocycles. The summed E-state index contributed by atoms with van der Waals surface area (Å²) >= 11 is 2.28. The summed E-state index contributed by atoms with van der Waals surface area (Å²) in [5.41, 5.74) is -0.0435. The molecule has 10 heteroatoms. The van der Waals surface area contributed by atoms with Gasteiger partial charge in [0.25, 0.3) is 0 Å². The molecule has 306 valence electrons. The second-order valence-corrected chi connectivity index (χ2v) is 30.2. The summed E-state index contributed by atoms with van der Waals surface area (Å²) in [6, 6.07) is 0. The highest BCUT2D eigenvalue weighted by Gasteiger charge is 2.49. The number of halogens is 1. The Balaban J connectivity index is 2.15. The lowest BCUT2D eigenvalue weighted by atomic mass is 9.74. The highest BCUT2D eigenvalue weighted by atomic mass is 127. The third-order valence-electron chi connectivity index (χ3n) is 12.2. The lowest BCUT2D eigenvalue weighted by Crippen LogP contribution is -2.56. The van der Waals surface area contributed by atoms with E-state index in [1.807, 2.05) is 20.8 Å². The lowest BCUT2D eigenvalue weighted by Gasteiger charge is -2.49. The first-order chi connectivity index (χ1) is 24.1. The molecule has 2 aliphatic rings. The maximum absolute atomic E-state index is 12.5. The number of hydrogen-bond acceptors (Lipinski definition) is 7. The molecule has 0 saturated carbocycles. The first-order valence-electron chi connectivity index (χ1n) is 19.9. The number of carbonyl (C=O) groups is 1. The zero-order valence-electron chi connectivity index (χ0n) is 36.3. The van der Waals surface area contributed by atoms with Crippen molar-refractivity contribution in [2.75, 3.05) is 13.2 Å². The van der Waals surface area contributed by atoms with Gasteiger partial charge in [-0.3, -0.25) is 4.79 Å². The van der Waals surface area contributed by atoms with E-state index < -0.39 is 33.6 Å². The number of esters is 1. The summed E-state index contributed by atoms with van der Waals surface area (Å²) in [6.07, 6.45) is 15.5. The summed E-state index contributed by atoms with van der Waals surface area (Å²) in [4.78, 5) is 12.5. The van der Waals surface area contributed by atoms with Crippen molar-refractivity contribution in [3.05, 3.63) is 46.1 Å². The van der Waals surface area contributed by atoms with Gasteiger partial charge in [0, 0.05) is 30.8 Å². The monoisotopic (exact) mass is 888 g/mol. The SMILES string of the molecule is CC(=C/[C@@H]1O[C@H](C/C=C/I)C[C@@H](O[Si](C)(C)C(C)(C)C)[C@@H]1C)/C=C/C/C=C\[C@@H]1C[C@@H](O)[C@@](C)(CO[Si](C)(C)C(C)(C)C)[C@H](CCOC(=O)C(C)(C)C)O1. The lowest BCUT2D eigenvalue weighted by molar-refractivity contribution is -0.187. The predicted molar refractivity (Wildman–Crippen MR) is 235 cm³/mol. The second-order valence-electron chi connectivity index (χ2n) is 20.0. The van der Waals surface area contributed by atoms with Crippen LogP contribution >= 0.6 is 22.6 Å². The molecule has 8 atom stereocenters. The van der Waals surface area contributed by atoms with Crippen LogP contribution in [0.5, 0.6) is 0 Å². The molecule has 2 fully saturated rings. The average molecular weight is 889 g/mol. The summed E-state index contributed by atoms with van der Waals surface area (Å²) in [5, 5.41) is 11.8. The highest BCUT2D eigenvalue weighted by molar-refractivity contribution is 14.1. The van der Waals surface area contributed by atoms with Gasteiger partial charge in [0.1, 0.15) is 0 Å². The summed E-state index contributed by atoms with van der Waals surface area (Å²) in [6.45, 7) is 35.4. The van der Waals surface area contributed by atoms with Gasteiger partial charge in [0.2, 0.25) is 0 Å². The Labute approximate surface area is 340 Å². The van der Waals surface area contributed by atoms with E-state index in [4.69, 9.17) is 23.1 Å². The van der Waals surface area contributed by atoms with Crippen LogP contribution in [0, 0.1) is 16.7 Å². The van der Waals surface area contributed by atoms with Gasteiger partial charge in [-0.2, -0.15) is 0 Å². The number of rotatable bonds is 15. The molecule has 53 heavy (non-hydrogen) atoms. The molecule has 0 spiro atoms. The standard InChI is InChI=1S/C43H77IO7Si2/c1-31(27-35-32(2)36(28-33(49-35)23-20-25-44)51-53(15,16)42(9,10)11)21-18-17-19-22-34-29-37(45)43(12,30-48-52(13,14)41(6,7)8)38(50-34)24-26-47-39(46)40(3,4)5/h18-22,25,27,32-38,45H,17,23-24,26,28-30H2,1-16H3/b21-18+,22-19-,25-20+,31-27-/t32-,33-,34-,35+,36-,37-,38+,43-/m1/s1. The van der Waals surface area contributed by atoms with Crippen LogP contribution in [0.25, 0.3) is 0 Å². The summed E-state index contributed by atoms with van der Waals surface area (Å²) in [5.74, 6) is 0.0163. The molecule has 0 unspecified atom stereocenters. The largest absolute Gasteiger partial charge is 0.465 e. The Bertz CT molecular complexity index is 1290. The van der Waals surface area contributed by atoms with Crippen molar-refractivity contribution in [3.8, 4) is 0 Å². The number of aliphatic hydroxyl groups excluding tert-OH is 1. The molecular weight excluding hydrogens is 812 g/mol. The molecule has 0 aromatic heterocycles. The minimum Gasteiger partial charge on any atom is -0.465 e. The predicted octanol–water partition coefficient (Wildman–Crippen LogP) is 11.5. The minimum atomic E-state index is -2.07. The van der Waals surface area contributed by atoms with Gasteiger partial charge < -0.3 is 28.2 Å². The van der Waals surface area contributed by atoms with E-state index in [1.54, 1.807) is 0 Å². The van der Waals surface area contributed by atoms with Gasteiger partial charge >= 0.3 is 5.97 Å². The molecule has 0 aliphatic carbocycles. The zero-order valence-corrected chi connectivity index (χ0v) is 40.5. The van der Waals surface area contributed by atoms with E-state index in [1.165, 1.54) is 0 Å². The third-order valence-corrected chi connectivity index (χ3v) is 21.7. The first kappa shape index (κ1) is 48.5. The normalized spacial score (nSPS) is 30.2. The number of carbonyl (C=O) groups excluding carboxylic acids is 1. The quantitative estimate of drug-likeness (QED) is 0.0576. The maximum Gasteiger partial charge on any atom is 0.311 e. The van der Waals surface area contributed by atoms with Crippen molar-refractivity contribution in [2.45, 2.75) is 188 Å². The Morgan fingerprint density at radius 1 is 0.943 bits per heavy atom. The van der Waals surface area contributed by atoms with Gasteiger partial charge in [-0.05, 0) is 87.3 Å². The van der Waals surface area contributed by atoms with Crippen molar-refractivity contribution < 1.29 is 33.0 Å². The fourth-order valence-corrected chi connectivity index (χ4v) is 8.91. The summed E-state index contributed by atoms with van der Waals surface area (Å²) in [7, 11) is -4.00. The molecule has 7 nitrogen and oxygen atoms in total. The molecular formula is C43H77IO7Si2. The van der Waals surface area contributed by atoms with Crippen molar-refractivity contribution in [3.63, 3.8) is 0 Å². The van der Waals surface area contributed by atoms with Crippen LogP contribution in [-0.4, -0.2) is 77.5 Å². The van der Waals surface area contributed by atoms with Crippen LogP contribution in [0.3, 0.4) is 0 Å². The molecule has 0 aromatic rings. The Morgan fingerprint density at radius 2 is 1.57 bits per heavy atom.